The summed E-state index contributed by atoms with van der Waals surface area (Å²) in [5.41, 5.74) is 1.31. The standard InChI is InChI=1S/C20H29N3O2/c1-20(2)17(16-9-11-25-18(16)20)22-19(24)21-12-14-8-10-23(13-14)15-6-4-3-5-7-15/h3-7,14,16-18H,8-13H2,1-2H3,(H2,21,22,24)/t14-,16-,17+,18+/m0/s1. The molecule has 2 aliphatic heterocycles. The van der Waals surface area contributed by atoms with Crippen LogP contribution in [-0.4, -0.2) is 44.4 Å². The van der Waals surface area contributed by atoms with Gasteiger partial charge >= 0.3 is 6.03 Å². The molecule has 5 nitrogen and oxygen atoms in total. The predicted octanol–water partition coefficient (Wildman–Crippen LogP) is 2.63. The summed E-state index contributed by atoms with van der Waals surface area (Å²) in [4.78, 5) is 14.8. The fourth-order valence-corrected chi connectivity index (χ4v) is 4.92. The molecular weight excluding hydrogens is 314 g/mol. The van der Waals surface area contributed by atoms with Crippen molar-refractivity contribution in [1.29, 1.82) is 0 Å². The van der Waals surface area contributed by atoms with E-state index in [4.69, 9.17) is 4.74 Å². The maximum atomic E-state index is 12.4. The minimum atomic E-state index is -0.0263. The number of carbonyl (C=O) groups excluding carboxylic acids is 1. The number of nitrogens with zero attached hydrogens (tertiary/aromatic N) is 1. The van der Waals surface area contributed by atoms with E-state index in [-0.39, 0.29) is 17.5 Å². The highest BCUT2D eigenvalue weighted by Gasteiger charge is 2.59. The number of rotatable bonds is 4. The number of para-hydroxylation sites is 1. The zero-order valence-electron chi connectivity index (χ0n) is 15.2. The molecule has 0 unspecified atom stereocenters. The van der Waals surface area contributed by atoms with E-state index in [0.29, 0.717) is 17.9 Å². The number of fused-ring (bicyclic) bond motifs is 1. The Hall–Kier alpha value is -1.75. The van der Waals surface area contributed by atoms with Crippen LogP contribution in [0.4, 0.5) is 10.5 Å². The number of amides is 2. The average molecular weight is 343 g/mol. The molecule has 3 aliphatic rings. The van der Waals surface area contributed by atoms with E-state index in [1.54, 1.807) is 0 Å². The van der Waals surface area contributed by atoms with Gasteiger partial charge in [0.1, 0.15) is 0 Å². The molecule has 4 rings (SSSR count). The van der Waals surface area contributed by atoms with Crippen molar-refractivity contribution in [3.8, 4) is 0 Å². The van der Waals surface area contributed by atoms with Crippen molar-refractivity contribution in [3.63, 3.8) is 0 Å². The Bertz CT molecular complexity index is 619. The molecule has 2 saturated heterocycles. The Kier molecular flexibility index (Phi) is 4.36. The molecule has 0 bridgehead atoms. The first-order chi connectivity index (χ1) is 12.1. The van der Waals surface area contributed by atoms with Crippen LogP contribution < -0.4 is 15.5 Å². The van der Waals surface area contributed by atoms with Crippen molar-refractivity contribution < 1.29 is 9.53 Å². The van der Waals surface area contributed by atoms with Crippen LogP contribution in [0.3, 0.4) is 0 Å². The maximum absolute atomic E-state index is 12.4. The fraction of sp³-hybridized carbons (Fsp3) is 0.650. The lowest BCUT2D eigenvalue weighted by molar-refractivity contribution is -0.108. The summed E-state index contributed by atoms with van der Waals surface area (Å²) in [6.07, 6.45) is 2.50. The van der Waals surface area contributed by atoms with E-state index < -0.39 is 0 Å². The third-order valence-corrected chi connectivity index (χ3v) is 6.35. The zero-order chi connectivity index (χ0) is 17.4. The van der Waals surface area contributed by atoms with Gasteiger partial charge in [-0.2, -0.15) is 0 Å². The SMILES string of the molecule is CC1(C)[C@H](NC(=O)NC[C@@H]2CCN(c3ccccc3)C2)[C@@H]2CCO[C@H]21. The molecule has 2 amide bonds. The highest BCUT2D eigenvalue weighted by Crippen LogP contribution is 2.52. The minimum Gasteiger partial charge on any atom is -0.377 e. The molecule has 1 saturated carbocycles. The Morgan fingerprint density at radius 3 is 2.88 bits per heavy atom. The van der Waals surface area contributed by atoms with E-state index >= 15 is 0 Å². The molecule has 2 heterocycles. The van der Waals surface area contributed by atoms with E-state index in [1.165, 1.54) is 5.69 Å². The topological polar surface area (TPSA) is 53.6 Å². The maximum Gasteiger partial charge on any atom is 0.315 e. The summed E-state index contributed by atoms with van der Waals surface area (Å²) in [7, 11) is 0. The average Bonchev–Trinajstić information content (AvgIpc) is 3.27. The molecule has 136 valence electrons. The lowest BCUT2D eigenvalue weighted by atomic mass is 9.57. The van der Waals surface area contributed by atoms with Crippen LogP contribution in [-0.2, 0) is 4.74 Å². The highest BCUT2D eigenvalue weighted by molar-refractivity contribution is 5.74. The third-order valence-electron chi connectivity index (χ3n) is 6.35. The first kappa shape index (κ1) is 16.7. The fourth-order valence-electron chi connectivity index (χ4n) is 4.92. The molecular formula is C20H29N3O2. The second-order valence-corrected chi connectivity index (χ2v) is 8.33. The first-order valence-corrected chi connectivity index (χ1v) is 9.51. The van der Waals surface area contributed by atoms with Gasteiger partial charge in [0.05, 0.1) is 6.10 Å². The Labute approximate surface area is 150 Å². The first-order valence-electron chi connectivity index (χ1n) is 9.51. The third kappa shape index (κ3) is 3.10. The highest BCUT2D eigenvalue weighted by atomic mass is 16.5. The summed E-state index contributed by atoms with van der Waals surface area (Å²) < 4.78 is 5.80. The quantitative estimate of drug-likeness (QED) is 0.884. The van der Waals surface area contributed by atoms with E-state index in [9.17, 15) is 4.79 Å². The van der Waals surface area contributed by atoms with Gasteiger partial charge in [0, 0.05) is 49.3 Å². The summed E-state index contributed by atoms with van der Waals surface area (Å²) in [6.45, 7) is 8.04. The summed E-state index contributed by atoms with van der Waals surface area (Å²) in [5.74, 6) is 1.00. The van der Waals surface area contributed by atoms with Crippen LogP contribution in [0, 0.1) is 17.3 Å². The number of hydrogen-bond acceptors (Lipinski definition) is 3. The van der Waals surface area contributed by atoms with Crippen molar-refractivity contribution in [2.45, 2.75) is 38.8 Å². The van der Waals surface area contributed by atoms with Crippen LogP contribution in [0.2, 0.25) is 0 Å². The molecule has 0 aromatic heterocycles. The van der Waals surface area contributed by atoms with Crippen LogP contribution in [0.1, 0.15) is 26.7 Å². The number of urea groups is 1. The minimum absolute atomic E-state index is 0.0263. The van der Waals surface area contributed by atoms with E-state index in [1.807, 2.05) is 6.07 Å². The molecule has 0 spiro atoms. The molecule has 0 radical (unpaired) electrons. The Morgan fingerprint density at radius 1 is 1.28 bits per heavy atom. The number of nitrogens with one attached hydrogen (secondary N) is 2. The summed E-state index contributed by atoms with van der Waals surface area (Å²) in [6, 6.07) is 10.7. The molecule has 1 aliphatic carbocycles. The monoisotopic (exact) mass is 343 g/mol. The summed E-state index contributed by atoms with van der Waals surface area (Å²) in [5, 5.41) is 6.30. The van der Waals surface area contributed by atoms with Crippen molar-refractivity contribution in [1.82, 2.24) is 10.6 Å². The van der Waals surface area contributed by atoms with Gasteiger partial charge in [0.2, 0.25) is 0 Å². The van der Waals surface area contributed by atoms with Crippen molar-refractivity contribution in [2.75, 3.05) is 31.1 Å². The molecule has 4 atom stereocenters. The molecule has 3 fully saturated rings. The largest absolute Gasteiger partial charge is 0.377 e. The van der Waals surface area contributed by atoms with Gasteiger partial charge in [0.15, 0.2) is 0 Å². The number of hydrogen-bond donors (Lipinski definition) is 2. The van der Waals surface area contributed by atoms with Crippen LogP contribution in [0.15, 0.2) is 30.3 Å². The Morgan fingerprint density at radius 2 is 2.08 bits per heavy atom. The molecule has 1 aromatic carbocycles. The van der Waals surface area contributed by atoms with Gasteiger partial charge < -0.3 is 20.3 Å². The zero-order valence-corrected chi connectivity index (χ0v) is 15.2. The van der Waals surface area contributed by atoms with Gasteiger partial charge in [-0.3, -0.25) is 0 Å². The van der Waals surface area contributed by atoms with Crippen molar-refractivity contribution >= 4 is 11.7 Å². The van der Waals surface area contributed by atoms with Crippen molar-refractivity contribution in [2.24, 2.45) is 17.3 Å². The van der Waals surface area contributed by atoms with Gasteiger partial charge in [-0.15, -0.1) is 0 Å². The lowest BCUT2D eigenvalue weighted by Gasteiger charge is -2.54. The predicted molar refractivity (Wildman–Crippen MR) is 98.7 cm³/mol. The van der Waals surface area contributed by atoms with E-state index in [2.05, 4.69) is 53.6 Å². The molecule has 25 heavy (non-hydrogen) atoms. The smallest absolute Gasteiger partial charge is 0.315 e. The second-order valence-electron chi connectivity index (χ2n) is 8.33. The molecule has 5 heteroatoms. The molecule has 2 N–H and O–H groups in total. The van der Waals surface area contributed by atoms with Crippen LogP contribution in [0.25, 0.3) is 0 Å². The van der Waals surface area contributed by atoms with Crippen molar-refractivity contribution in [3.05, 3.63) is 30.3 Å². The lowest BCUT2D eigenvalue weighted by Crippen LogP contribution is -2.67. The second kappa shape index (κ2) is 6.52. The number of anilines is 1. The summed E-state index contributed by atoms with van der Waals surface area (Å²) >= 11 is 0. The Balaban J connectivity index is 1.23. The van der Waals surface area contributed by atoms with Crippen LogP contribution >= 0.6 is 0 Å². The van der Waals surface area contributed by atoms with Gasteiger partial charge in [-0.05, 0) is 30.9 Å². The van der Waals surface area contributed by atoms with Gasteiger partial charge in [-0.1, -0.05) is 32.0 Å². The van der Waals surface area contributed by atoms with E-state index in [0.717, 1.165) is 39.1 Å². The van der Waals surface area contributed by atoms with Gasteiger partial charge in [-0.25, -0.2) is 4.79 Å². The normalized spacial score (nSPS) is 32.8. The molecule has 1 aromatic rings. The number of carbonyl (C=O) groups is 1. The number of ether oxygens (including phenoxy) is 1. The van der Waals surface area contributed by atoms with Gasteiger partial charge in [0.25, 0.3) is 0 Å². The van der Waals surface area contributed by atoms with Crippen LogP contribution in [0.5, 0.6) is 0 Å². The number of benzene rings is 1.